The largest absolute Gasteiger partial charge is 0.457 e. The standard InChI is InChI=1S/C21H18Cl2N4O2/c1-14-5-7-16(8-6-14)29-17-4-2-3-15(9-17)25-13-21(28)27-26-10-18-19(22)11-24-12-20(18)23/h2-12,25H,13H2,1H3,(H,27,28)/b26-10+. The number of aromatic nitrogens is 1. The predicted molar refractivity (Wildman–Crippen MR) is 116 cm³/mol. The Kier molecular flexibility index (Phi) is 7.05. The van der Waals surface area contributed by atoms with Crippen molar-refractivity contribution in [3.63, 3.8) is 0 Å². The maximum absolute atomic E-state index is 12.0. The van der Waals surface area contributed by atoms with Crippen LogP contribution >= 0.6 is 23.2 Å². The molecule has 0 saturated heterocycles. The molecule has 0 unspecified atom stereocenters. The molecule has 2 N–H and O–H groups in total. The van der Waals surface area contributed by atoms with Crippen LogP contribution in [-0.2, 0) is 4.79 Å². The van der Waals surface area contributed by atoms with Crippen LogP contribution in [0.25, 0.3) is 0 Å². The number of nitrogens with one attached hydrogen (secondary N) is 2. The molecule has 0 aliphatic carbocycles. The van der Waals surface area contributed by atoms with Gasteiger partial charge in [0.25, 0.3) is 5.91 Å². The van der Waals surface area contributed by atoms with E-state index in [4.69, 9.17) is 27.9 Å². The summed E-state index contributed by atoms with van der Waals surface area (Å²) in [5.74, 6) is 1.08. The van der Waals surface area contributed by atoms with Gasteiger partial charge in [-0.15, -0.1) is 0 Å². The highest BCUT2D eigenvalue weighted by Crippen LogP contribution is 2.24. The van der Waals surface area contributed by atoms with Gasteiger partial charge in [-0.1, -0.05) is 47.0 Å². The van der Waals surface area contributed by atoms with Gasteiger partial charge in [-0.2, -0.15) is 5.10 Å². The zero-order chi connectivity index (χ0) is 20.6. The van der Waals surface area contributed by atoms with Crippen LogP contribution in [0.3, 0.4) is 0 Å². The Hall–Kier alpha value is -3.09. The highest BCUT2D eigenvalue weighted by molar-refractivity contribution is 6.38. The lowest BCUT2D eigenvalue weighted by molar-refractivity contribution is -0.119. The molecule has 3 aromatic rings. The van der Waals surface area contributed by atoms with E-state index in [1.807, 2.05) is 55.5 Å². The van der Waals surface area contributed by atoms with Crippen molar-refractivity contribution < 1.29 is 9.53 Å². The zero-order valence-corrected chi connectivity index (χ0v) is 17.0. The van der Waals surface area contributed by atoms with Gasteiger partial charge >= 0.3 is 0 Å². The van der Waals surface area contributed by atoms with Crippen LogP contribution in [0, 0.1) is 6.92 Å². The minimum absolute atomic E-state index is 0.0309. The van der Waals surface area contributed by atoms with Crippen LogP contribution in [0.15, 0.2) is 66.0 Å². The lowest BCUT2D eigenvalue weighted by Crippen LogP contribution is -2.25. The number of anilines is 1. The molecule has 0 saturated carbocycles. The number of ether oxygens (including phenoxy) is 1. The fourth-order valence-electron chi connectivity index (χ4n) is 2.35. The van der Waals surface area contributed by atoms with E-state index in [1.54, 1.807) is 0 Å². The average molecular weight is 429 g/mol. The Bertz CT molecular complexity index is 1000. The molecule has 0 bridgehead atoms. The molecule has 3 rings (SSSR count). The number of carbonyl (C=O) groups is 1. The van der Waals surface area contributed by atoms with Crippen molar-refractivity contribution in [2.24, 2.45) is 5.10 Å². The molecule has 6 nitrogen and oxygen atoms in total. The maximum atomic E-state index is 12.0. The second-order valence-electron chi connectivity index (χ2n) is 6.11. The number of amides is 1. The molecule has 1 aromatic heterocycles. The number of benzene rings is 2. The van der Waals surface area contributed by atoms with E-state index in [0.29, 0.717) is 21.4 Å². The summed E-state index contributed by atoms with van der Waals surface area (Å²) in [6, 6.07) is 15.1. The van der Waals surface area contributed by atoms with E-state index in [2.05, 4.69) is 20.8 Å². The molecule has 1 heterocycles. The Labute approximate surface area is 178 Å². The normalized spacial score (nSPS) is 10.7. The Morgan fingerprint density at radius 3 is 2.55 bits per heavy atom. The fourth-order valence-corrected chi connectivity index (χ4v) is 2.81. The van der Waals surface area contributed by atoms with Crippen LogP contribution in [0.5, 0.6) is 11.5 Å². The predicted octanol–water partition coefficient (Wildman–Crippen LogP) is 5.05. The molecule has 0 aliphatic heterocycles. The van der Waals surface area contributed by atoms with Crippen LogP contribution < -0.4 is 15.5 Å². The van der Waals surface area contributed by atoms with Crippen molar-refractivity contribution in [3.05, 3.63) is 82.1 Å². The summed E-state index contributed by atoms with van der Waals surface area (Å²) in [5.41, 5.74) is 4.80. The van der Waals surface area contributed by atoms with Gasteiger partial charge in [0.15, 0.2) is 0 Å². The van der Waals surface area contributed by atoms with E-state index >= 15 is 0 Å². The van der Waals surface area contributed by atoms with E-state index < -0.39 is 0 Å². The number of carbonyl (C=O) groups excluding carboxylic acids is 1. The molecule has 0 fully saturated rings. The van der Waals surface area contributed by atoms with Gasteiger partial charge in [-0.3, -0.25) is 9.78 Å². The second-order valence-corrected chi connectivity index (χ2v) is 6.92. The molecule has 1 amide bonds. The number of hydrogen-bond donors (Lipinski definition) is 2. The summed E-state index contributed by atoms with van der Waals surface area (Å²) in [4.78, 5) is 15.8. The summed E-state index contributed by atoms with van der Waals surface area (Å²) in [6.07, 6.45) is 4.27. The van der Waals surface area contributed by atoms with Crippen molar-refractivity contribution in [1.29, 1.82) is 0 Å². The van der Waals surface area contributed by atoms with Crippen molar-refractivity contribution >= 4 is 41.0 Å². The van der Waals surface area contributed by atoms with E-state index in [-0.39, 0.29) is 12.5 Å². The van der Waals surface area contributed by atoms with E-state index in [0.717, 1.165) is 17.0 Å². The van der Waals surface area contributed by atoms with Gasteiger partial charge in [0.1, 0.15) is 11.5 Å². The van der Waals surface area contributed by atoms with Crippen molar-refractivity contribution in [2.45, 2.75) is 6.92 Å². The van der Waals surface area contributed by atoms with Crippen molar-refractivity contribution in [2.75, 3.05) is 11.9 Å². The highest BCUT2D eigenvalue weighted by atomic mass is 35.5. The fraction of sp³-hybridized carbons (Fsp3) is 0.0952. The number of pyridine rings is 1. The first-order valence-corrected chi connectivity index (χ1v) is 9.46. The number of halogens is 2. The lowest BCUT2D eigenvalue weighted by atomic mass is 10.2. The third-order valence-electron chi connectivity index (χ3n) is 3.82. The summed E-state index contributed by atoms with van der Waals surface area (Å²) in [5, 5.41) is 7.59. The smallest absolute Gasteiger partial charge is 0.259 e. The van der Waals surface area contributed by atoms with Crippen LogP contribution in [0.1, 0.15) is 11.1 Å². The first-order chi connectivity index (χ1) is 14.0. The van der Waals surface area contributed by atoms with Crippen LogP contribution in [0.2, 0.25) is 10.0 Å². The third kappa shape index (κ3) is 6.20. The molecular weight excluding hydrogens is 411 g/mol. The molecule has 29 heavy (non-hydrogen) atoms. The van der Waals surface area contributed by atoms with E-state index in [9.17, 15) is 4.79 Å². The van der Waals surface area contributed by atoms with Gasteiger partial charge in [0, 0.05) is 29.7 Å². The average Bonchev–Trinajstić information content (AvgIpc) is 2.71. The van der Waals surface area contributed by atoms with Crippen molar-refractivity contribution in [1.82, 2.24) is 10.4 Å². The quantitative estimate of drug-likeness (QED) is 0.407. The number of aryl methyl sites for hydroxylation is 1. The molecule has 8 heteroatoms. The zero-order valence-electron chi connectivity index (χ0n) is 15.5. The summed E-state index contributed by atoms with van der Waals surface area (Å²) in [7, 11) is 0. The highest BCUT2D eigenvalue weighted by Gasteiger charge is 2.05. The van der Waals surface area contributed by atoms with Crippen molar-refractivity contribution in [3.8, 4) is 11.5 Å². The maximum Gasteiger partial charge on any atom is 0.259 e. The molecule has 148 valence electrons. The first-order valence-electron chi connectivity index (χ1n) is 8.70. The number of rotatable bonds is 7. The number of hydrazone groups is 1. The monoisotopic (exact) mass is 428 g/mol. The van der Waals surface area contributed by atoms with Gasteiger partial charge in [-0.05, 0) is 31.2 Å². The number of nitrogens with zero attached hydrogens (tertiary/aromatic N) is 2. The molecule has 0 spiro atoms. The Morgan fingerprint density at radius 2 is 1.83 bits per heavy atom. The molecule has 0 atom stereocenters. The number of hydrogen-bond acceptors (Lipinski definition) is 5. The molecular formula is C21H18Cl2N4O2. The summed E-state index contributed by atoms with van der Waals surface area (Å²) >= 11 is 12.0. The minimum Gasteiger partial charge on any atom is -0.457 e. The molecule has 2 aromatic carbocycles. The SMILES string of the molecule is Cc1ccc(Oc2cccc(NCC(=O)N/N=C/c3c(Cl)cncc3Cl)c2)cc1. The van der Waals surface area contributed by atoms with Crippen LogP contribution in [0.4, 0.5) is 5.69 Å². The minimum atomic E-state index is -0.326. The summed E-state index contributed by atoms with van der Waals surface area (Å²) < 4.78 is 5.82. The van der Waals surface area contributed by atoms with Crippen LogP contribution in [-0.4, -0.2) is 23.7 Å². The summed E-state index contributed by atoms with van der Waals surface area (Å²) in [6.45, 7) is 2.05. The van der Waals surface area contributed by atoms with E-state index in [1.165, 1.54) is 18.6 Å². The first kappa shape index (κ1) is 20.6. The lowest BCUT2D eigenvalue weighted by Gasteiger charge is -2.09. The molecule has 0 aliphatic rings. The topological polar surface area (TPSA) is 75.6 Å². The Morgan fingerprint density at radius 1 is 1.10 bits per heavy atom. The van der Waals surface area contributed by atoms with Gasteiger partial charge < -0.3 is 10.1 Å². The molecule has 0 radical (unpaired) electrons. The second kappa shape index (κ2) is 9.91. The van der Waals surface area contributed by atoms with Gasteiger partial charge in [0.05, 0.1) is 22.8 Å². The van der Waals surface area contributed by atoms with Gasteiger partial charge in [-0.25, -0.2) is 5.43 Å². The third-order valence-corrected chi connectivity index (χ3v) is 4.42. The Balaban J connectivity index is 1.52. The van der Waals surface area contributed by atoms with Gasteiger partial charge in [0.2, 0.25) is 0 Å².